The lowest BCUT2D eigenvalue weighted by Crippen LogP contribution is -2.08. The van der Waals surface area contributed by atoms with Crippen molar-refractivity contribution >= 4 is 46.2 Å². The molecule has 2 aromatic rings. The van der Waals surface area contributed by atoms with Gasteiger partial charge in [-0.25, -0.2) is 0 Å². The van der Waals surface area contributed by atoms with Gasteiger partial charge in [-0.1, -0.05) is 11.6 Å². The monoisotopic (exact) mass is 339 g/mol. The summed E-state index contributed by atoms with van der Waals surface area (Å²) in [6, 6.07) is 3.75. The molecular formula is C11H10ClN7O4. The maximum atomic E-state index is 10.9. The SMILES string of the molecule is CNc1nc(Nc2ccc([N+](=O)[O-])cc2Cl)nc(N)c1[N+](=O)[O-]. The molecule has 11 nitrogen and oxygen atoms in total. The second-order valence-corrected chi connectivity index (χ2v) is 4.59. The Morgan fingerprint density at radius 2 is 1.91 bits per heavy atom. The summed E-state index contributed by atoms with van der Waals surface area (Å²) in [5.74, 6) is -0.467. The third kappa shape index (κ3) is 3.35. The molecule has 1 aromatic heterocycles. The van der Waals surface area contributed by atoms with Gasteiger partial charge in [0.1, 0.15) is 0 Å². The van der Waals surface area contributed by atoms with E-state index in [1.54, 1.807) is 0 Å². The molecule has 0 fully saturated rings. The number of hydrogen-bond acceptors (Lipinski definition) is 9. The third-order valence-electron chi connectivity index (χ3n) is 2.74. The van der Waals surface area contributed by atoms with Crippen molar-refractivity contribution in [2.75, 3.05) is 23.4 Å². The summed E-state index contributed by atoms with van der Waals surface area (Å²) in [7, 11) is 1.44. The van der Waals surface area contributed by atoms with Crippen LogP contribution < -0.4 is 16.4 Å². The molecule has 0 unspecified atom stereocenters. The van der Waals surface area contributed by atoms with Crippen molar-refractivity contribution in [3.63, 3.8) is 0 Å². The molecule has 0 bridgehead atoms. The number of nitrogen functional groups attached to an aromatic ring is 1. The van der Waals surface area contributed by atoms with Crippen molar-refractivity contribution in [3.05, 3.63) is 43.5 Å². The van der Waals surface area contributed by atoms with E-state index in [0.29, 0.717) is 0 Å². The van der Waals surface area contributed by atoms with Crippen LogP contribution in [0.3, 0.4) is 0 Å². The van der Waals surface area contributed by atoms with Crippen LogP contribution in [0.5, 0.6) is 0 Å². The first kappa shape index (κ1) is 16.2. The highest BCUT2D eigenvalue weighted by atomic mass is 35.5. The number of nitrogens with one attached hydrogen (secondary N) is 2. The lowest BCUT2D eigenvalue weighted by molar-refractivity contribution is -0.384. The third-order valence-corrected chi connectivity index (χ3v) is 3.05. The van der Waals surface area contributed by atoms with Gasteiger partial charge >= 0.3 is 5.69 Å². The number of aromatic nitrogens is 2. The van der Waals surface area contributed by atoms with E-state index in [9.17, 15) is 20.2 Å². The highest BCUT2D eigenvalue weighted by Crippen LogP contribution is 2.32. The molecule has 1 aromatic carbocycles. The standard InChI is InChI=1S/C11H10ClN7O4/c1-14-10-8(19(22)23)9(13)16-11(17-10)15-7-3-2-5(18(20)21)4-6(7)12/h2-4H,1H3,(H4,13,14,15,16,17). The molecular weight excluding hydrogens is 330 g/mol. The number of nitrogens with two attached hydrogens (primary N) is 1. The van der Waals surface area contributed by atoms with Crippen LogP contribution >= 0.6 is 11.6 Å². The van der Waals surface area contributed by atoms with Crippen molar-refractivity contribution in [3.8, 4) is 0 Å². The first-order valence-electron chi connectivity index (χ1n) is 6.04. The minimum atomic E-state index is -0.705. The van der Waals surface area contributed by atoms with Crippen LogP contribution in [0, 0.1) is 20.2 Å². The van der Waals surface area contributed by atoms with Crippen LogP contribution in [-0.4, -0.2) is 26.9 Å². The zero-order valence-corrected chi connectivity index (χ0v) is 12.4. The van der Waals surface area contributed by atoms with Gasteiger partial charge < -0.3 is 16.4 Å². The van der Waals surface area contributed by atoms with Gasteiger partial charge in [0, 0.05) is 19.2 Å². The molecule has 0 atom stereocenters. The Morgan fingerprint density at radius 3 is 2.43 bits per heavy atom. The molecule has 0 spiro atoms. The molecule has 120 valence electrons. The molecule has 0 aliphatic carbocycles. The average molecular weight is 340 g/mol. The fourth-order valence-corrected chi connectivity index (χ4v) is 1.94. The Balaban J connectivity index is 2.39. The van der Waals surface area contributed by atoms with E-state index in [4.69, 9.17) is 17.3 Å². The summed E-state index contributed by atoms with van der Waals surface area (Å²) in [4.78, 5) is 28.0. The normalized spacial score (nSPS) is 10.2. The Bertz CT molecular complexity index is 798. The van der Waals surface area contributed by atoms with E-state index in [2.05, 4.69) is 20.6 Å². The largest absolute Gasteiger partial charge is 0.378 e. The van der Waals surface area contributed by atoms with Crippen molar-refractivity contribution in [1.29, 1.82) is 0 Å². The van der Waals surface area contributed by atoms with E-state index in [1.807, 2.05) is 0 Å². The Labute approximate surface area is 133 Å². The number of anilines is 4. The molecule has 2 rings (SSSR count). The maximum Gasteiger partial charge on any atom is 0.353 e. The molecule has 0 aliphatic rings. The Morgan fingerprint density at radius 1 is 1.22 bits per heavy atom. The number of benzene rings is 1. The molecule has 1 heterocycles. The summed E-state index contributed by atoms with van der Waals surface area (Å²) in [5, 5.41) is 26.9. The molecule has 0 aliphatic heterocycles. The lowest BCUT2D eigenvalue weighted by atomic mass is 10.3. The second kappa shape index (κ2) is 6.27. The van der Waals surface area contributed by atoms with Gasteiger partial charge in [0.05, 0.1) is 20.6 Å². The minimum absolute atomic E-state index is 0.0480. The Hall–Kier alpha value is -3.21. The molecule has 0 saturated carbocycles. The first-order valence-corrected chi connectivity index (χ1v) is 6.42. The van der Waals surface area contributed by atoms with Crippen LogP contribution in [0.1, 0.15) is 0 Å². The van der Waals surface area contributed by atoms with Gasteiger partial charge in [-0.3, -0.25) is 20.2 Å². The predicted molar refractivity (Wildman–Crippen MR) is 84.0 cm³/mol. The van der Waals surface area contributed by atoms with Crippen molar-refractivity contribution in [2.45, 2.75) is 0 Å². The smallest absolute Gasteiger partial charge is 0.353 e. The van der Waals surface area contributed by atoms with E-state index < -0.39 is 15.5 Å². The van der Waals surface area contributed by atoms with Crippen LogP contribution in [0.4, 0.5) is 34.6 Å². The molecule has 12 heteroatoms. The molecule has 0 radical (unpaired) electrons. The number of halogens is 1. The molecule has 0 saturated heterocycles. The lowest BCUT2D eigenvalue weighted by Gasteiger charge is -2.09. The van der Waals surface area contributed by atoms with E-state index in [0.717, 1.165) is 6.07 Å². The van der Waals surface area contributed by atoms with Gasteiger partial charge in [0.15, 0.2) is 0 Å². The van der Waals surface area contributed by atoms with Gasteiger partial charge in [0.2, 0.25) is 17.6 Å². The number of rotatable bonds is 5. The van der Waals surface area contributed by atoms with Crippen molar-refractivity contribution in [1.82, 2.24) is 9.97 Å². The number of nitro groups is 2. The van der Waals surface area contributed by atoms with Crippen LogP contribution in [-0.2, 0) is 0 Å². The van der Waals surface area contributed by atoms with E-state index >= 15 is 0 Å². The quantitative estimate of drug-likeness (QED) is 0.547. The fraction of sp³-hybridized carbons (Fsp3) is 0.0909. The van der Waals surface area contributed by atoms with Crippen molar-refractivity contribution in [2.24, 2.45) is 0 Å². The van der Waals surface area contributed by atoms with Crippen LogP contribution in [0.15, 0.2) is 18.2 Å². The molecule has 4 N–H and O–H groups in total. The van der Waals surface area contributed by atoms with Crippen LogP contribution in [0.25, 0.3) is 0 Å². The highest BCUT2D eigenvalue weighted by molar-refractivity contribution is 6.33. The van der Waals surface area contributed by atoms with Gasteiger partial charge in [-0.05, 0) is 6.07 Å². The van der Waals surface area contributed by atoms with Crippen LogP contribution in [0.2, 0.25) is 5.02 Å². The summed E-state index contributed by atoms with van der Waals surface area (Å²) in [6.45, 7) is 0. The minimum Gasteiger partial charge on any atom is -0.378 e. The maximum absolute atomic E-state index is 10.9. The summed E-state index contributed by atoms with van der Waals surface area (Å²) >= 11 is 5.94. The average Bonchev–Trinajstić information content (AvgIpc) is 2.47. The number of hydrogen-bond donors (Lipinski definition) is 3. The zero-order valence-electron chi connectivity index (χ0n) is 11.6. The highest BCUT2D eigenvalue weighted by Gasteiger charge is 2.22. The summed E-state index contributed by atoms with van der Waals surface area (Å²) < 4.78 is 0. The second-order valence-electron chi connectivity index (χ2n) is 4.18. The van der Waals surface area contributed by atoms with Crippen molar-refractivity contribution < 1.29 is 9.85 Å². The Kier molecular flexibility index (Phi) is 4.41. The fourth-order valence-electron chi connectivity index (χ4n) is 1.72. The number of nitrogens with zero attached hydrogens (tertiary/aromatic N) is 4. The molecule has 0 amide bonds. The van der Waals surface area contributed by atoms with E-state index in [1.165, 1.54) is 19.2 Å². The summed E-state index contributed by atoms with van der Waals surface area (Å²) in [6.07, 6.45) is 0. The number of non-ortho nitro benzene ring substituents is 1. The predicted octanol–water partition coefficient (Wildman–Crippen LogP) is 2.31. The first-order chi connectivity index (χ1) is 10.8. The van der Waals surface area contributed by atoms with Gasteiger partial charge in [-0.2, -0.15) is 9.97 Å². The number of nitro benzene ring substituents is 1. The summed E-state index contributed by atoms with van der Waals surface area (Å²) in [5.41, 5.74) is 5.21. The zero-order chi connectivity index (χ0) is 17.1. The van der Waals surface area contributed by atoms with Gasteiger partial charge in [0.25, 0.3) is 5.69 Å². The van der Waals surface area contributed by atoms with Gasteiger partial charge in [-0.15, -0.1) is 0 Å². The molecule has 23 heavy (non-hydrogen) atoms. The topological polar surface area (TPSA) is 162 Å². The van der Waals surface area contributed by atoms with E-state index in [-0.39, 0.29) is 34.0 Å².